The molecule has 0 atom stereocenters. The molecule has 0 bridgehead atoms. The molecule has 0 saturated heterocycles. The van der Waals surface area contributed by atoms with Gasteiger partial charge in [-0.15, -0.1) is 21.5 Å². The van der Waals surface area contributed by atoms with Crippen LogP contribution in [0.15, 0.2) is 59.2 Å². The maximum atomic E-state index is 12.9. The van der Waals surface area contributed by atoms with E-state index in [0.29, 0.717) is 33.2 Å². The van der Waals surface area contributed by atoms with Crippen molar-refractivity contribution >= 4 is 40.0 Å². The van der Waals surface area contributed by atoms with Gasteiger partial charge in [-0.25, -0.2) is 4.98 Å². The highest BCUT2D eigenvalue weighted by Gasteiger charge is 2.18. The van der Waals surface area contributed by atoms with Crippen molar-refractivity contribution in [2.75, 3.05) is 25.3 Å². The number of ether oxygens (including phenoxy) is 2. The van der Waals surface area contributed by atoms with Crippen LogP contribution in [-0.2, 0) is 11.3 Å². The molecule has 186 valence electrons. The topological polar surface area (TPSA) is 120 Å². The molecule has 0 saturated carbocycles. The van der Waals surface area contributed by atoms with Crippen LogP contribution in [0.1, 0.15) is 21.7 Å². The Kier molecular flexibility index (Phi) is 8.18. The minimum atomic E-state index is -0.317. The van der Waals surface area contributed by atoms with Gasteiger partial charge in [0, 0.05) is 28.9 Å². The number of hydrogen-bond acceptors (Lipinski definition) is 9. The van der Waals surface area contributed by atoms with Crippen LogP contribution in [0.2, 0.25) is 0 Å². The van der Waals surface area contributed by atoms with Crippen LogP contribution in [-0.4, -0.2) is 51.5 Å². The van der Waals surface area contributed by atoms with Gasteiger partial charge in [-0.05, 0) is 36.8 Å². The van der Waals surface area contributed by atoms with Crippen LogP contribution in [0.3, 0.4) is 0 Å². The molecule has 2 amide bonds. The van der Waals surface area contributed by atoms with Gasteiger partial charge in [0.15, 0.2) is 16.1 Å². The second-order valence-corrected chi connectivity index (χ2v) is 9.37. The molecule has 2 aromatic heterocycles. The fourth-order valence-electron chi connectivity index (χ4n) is 3.31. The Hall–Kier alpha value is -3.90. The Balaban J connectivity index is 1.53. The summed E-state index contributed by atoms with van der Waals surface area (Å²) in [5.41, 5.74) is 2.27. The summed E-state index contributed by atoms with van der Waals surface area (Å²) < 4.78 is 12.3. The summed E-state index contributed by atoms with van der Waals surface area (Å²) in [7, 11) is 3.05. The highest BCUT2D eigenvalue weighted by atomic mass is 32.2. The first-order chi connectivity index (χ1) is 17.5. The molecule has 0 unspecified atom stereocenters. The van der Waals surface area contributed by atoms with Crippen molar-refractivity contribution in [3.8, 4) is 17.2 Å². The largest absolute Gasteiger partial charge is 0.497 e. The number of carbonyl (C=O) groups excluding carboxylic acids is 2. The summed E-state index contributed by atoms with van der Waals surface area (Å²) in [4.78, 5) is 29.3. The SMILES string of the molecule is COc1cc(OC)cc(C(=O)NCc2nnc(SCC(=O)Nc3nccs3)n2-c2cccc(C)c2)c1. The summed E-state index contributed by atoms with van der Waals surface area (Å²) in [6, 6.07) is 12.8. The molecule has 36 heavy (non-hydrogen) atoms. The zero-order valence-corrected chi connectivity index (χ0v) is 21.5. The number of hydrogen-bond donors (Lipinski definition) is 2. The molecule has 2 N–H and O–H groups in total. The molecule has 2 heterocycles. The lowest BCUT2D eigenvalue weighted by molar-refractivity contribution is -0.113. The first-order valence-electron chi connectivity index (χ1n) is 10.8. The standard InChI is InChI=1S/C24H24N6O4S2/c1-15-5-4-6-17(9-15)30-20(13-26-22(32)16-10-18(33-2)12-19(11-16)34-3)28-29-24(30)36-14-21(31)27-23-25-7-8-35-23/h4-12H,13-14H2,1-3H3,(H,26,32)(H,25,27,31). The third-order valence-corrected chi connectivity index (χ3v) is 6.61. The van der Waals surface area contributed by atoms with E-state index < -0.39 is 0 Å². The molecule has 0 aliphatic heterocycles. The van der Waals surface area contributed by atoms with Crippen LogP contribution in [0, 0.1) is 6.92 Å². The summed E-state index contributed by atoms with van der Waals surface area (Å²) >= 11 is 2.60. The first-order valence-corrected chi connectivity index (χ1v) is 12.7. The van der Waals surface area contributed by atoms with Gasteiger partial charge in [0.2, 0.25) is 5.91 Å². The normalized spacial score (nSPS) is 10.6. The molecule has 4 rings (SSSR count). The summed E-state index contributed by atoms with van der Waals surface area (Å²) in [6.45, 7) is 2.10. The van der Waals surface area contributed by atoms with E-state index in [-0.39, 0.29) is 24.1 Å². The third kappa shape index (κ3) is 6.20. The molecule has 12 heteroatoms. The van der Waals surface area contributed by atoms with E-state index in [4.69, 9.17) is 9.47 Å². The molecule has 2 aromatic carbocycles. The van der Waals surface area contributed by atoms with Gasteiger partial charge in [0.25, 0.3) is 5.91 Å². The zero-order valence-electron chi connectivity index (χ0n) is 19.8. The van der Waals surface area contributed by atoms with E-state index in [1.165, 1.54) is 37.3 Å². The molecule has 0 aliphatic carbocycles. The Labute approximate surface area is 216 Å². The Morgan fingerprint density at radius 3 is 2.53 bits per heavy atom. The van der Waals surface area contributed by atoms with Gasteiger partial charge < -0.3 is 20.1 Å². The number of carbonyl (C=O) groups is 2. The molecule has 4 aromatic rings. The maximum Gasteiger partial charge on any atom is 0.251 e. The predicted octanol–water partition coefficient (Wildman–Crippen LogP) is 3.71. The Bertz CT molecular complexity index is 1330. The van der Waals surface area contributed by atoms with Crippen molar-refractivity contribution in [3.05, 3.63) is 71.0 Å². The lowest BCUT2D eigenvalue weighted by Crippen LogP contribution is -2.24. The van der Waals surface area contributed by atoms with E-state index in [1.807, 2.05) is 35.8 Å². The molecular formula is C24H24N6O4S2. The molecule has 0 fully saturated rings. The van der Waals surface area contributed by atoms with Crippen LogP contribution in [0.25, 0.3) is 5.69 Å². The number of nitrogens with zero attached hydrogens (tertiary/aromatic N) is 4. The minimum absolute atomic E-state index is 0.116. The highest BCUT2D eigenvalue weighted by Crippen LogP contribution is 2.25. The van der Waals surface area contributed by atoms with Crippen molar-refractivity contribution < 1.29 is 19.1 Å². The number of benzene rings is 2. The van der Waals surface area contributed by atoms with E-state index in [1.54, 1.807) is 29.8 Å². The zero-order chi connectivity index (χ0) is 25.5. The number of amides is 2. The van der Waals surface area contributed by atoms with Crippen LogP contribution < -0.4 is 20.1 Å². The minimum Gasteiger partial charge on any atom is -0.497 e. The predicted molar refractivity (Wildman–Crippen MR) is 138 cm³/mol. The van der Waals surface area contributed by atoms with Gasteiger partial charge in [-0.1, -0.05) is 23.9 Å². The van der Waals surface area contributed by atoms with Gasteiger partial charge in [-0.2, -0.15) is 0 Å². The van der Waals surface area contributed by atoms with E-state index in [9.17, 15) is 9.59 Å². The second-order valence-electron chi connectivity index (χ2n) is 7.53. The molecule has 0 radical (unpaired) electrons. The molecular weight excluding hydrogens is 500 g/mol. The van der Waals surface area contributed by atoms with E-state index in [2.05, 4.69) is 25.8 Å². The van der Waals surface area contributed by atoms with Crippen molar-refractivity contribution in [1.29, 1.82) is 0 Å². The molecule has 0 aliphatic rings. The number of aromatic nitrogens is 4. The number of methoxy groups -OCH3 is 2. The lowest BCUT2D eigenvalue weighted by Gasteiger charge is -2.12. The van der Waals surface area contributed by atoms with E-state index in [0.717, 1.165) is 11.3 Å². The van der Waals surface area contributed by atoms with Crippen LogP contribution >= 0.6 is 23.1 Å². The summed E-state index contributed by atoms with van der Waals surface area (Å²) in [5, 5.41) is 17.1. The highest BCUT2D eigenvalue weighted by molar-refractivity contribution is 7.99. The molecule has 0 spiro atoms. The van der Waals surface area contributed by atoms with Crippen molar-refractivity contribution in [2.45, 2.75) is 18.6 Å². The first kappa shape index (κ1) is 25.2. The fraction of sp³-hybridized carbons (Fsp3) is 0.208. The van der Waals surface area contributed by atoms with Gasteiger partial charge in [0.05, 0.1) is 26.5 Å². The number of nitrogens with one attached hydrogen (secondary N) is 2. The summed E-state index contributed by atoms with van der Waals surface area (Å²) in [5.74, 6) is 1.15. The van der Waals surface area contributed by atoms with Crippen molar-refractivity contribution in [1.82, 2.24) is 25.1 Å². The van der Waals surface area contributed by atoms with Crippen LogP contribution in [0.5, 0.6) is 11.5 Å². The van der Waals surface area contributed by atoms with Gasteiger partial charge >= 0.3 is 0 Å². The Morgan fingerprint density at radius 1 is 1.08 bits per heavy atom. The van der Waals surface area contributed by atoms with E-state index >= 15 is 0 Å². The fourth-order valence-corrected chi connectivity index (χ4v) is 4.62. The number of rotatable bonds is 10. The van der Waals surface area contributed by atoms with Gasteiger partial charge in [0.1, 0.15) is 11.5 Å². The van der Waals surface area contributed by atoms with Crippen molar-refractivity contribution in [2.24, 2.45) is 0 Å². The average Bonchev–Trinajstić information content (AvgIpc) is 3.55. The lowest BCUT2D eigenvalue weighted by atomic mass is 10.2. The quantitative estimate of drug-likeness (QED) is 0.301. The second kappa shape index (κ2) is 11.7. The van der Waals surface area contributed by atoms with Crippen molar-refractivity contribution in [3.63, 3.8) is 0 Å². The number of thiazole rings is 1. The van der Waals surface area contributed by atoms with Gasteiger partial charge in [-0.3, -0.25) is 14.2 Å². The molecule has 10 nitrogen and oxygen atoms in total. The van der Waals surface area contributed by atoms with Crippen LogP contribution in [0.4, 0.5) is 5.13 Å². The maximum absolute atomic E-state index is 12.9. The smallest absolute Gasteiger partial charge is 0.251 e. The number of anilines is 1. The monoisotopic (exact) mass is 524 g/mol. The third-order valence-electron chi connectivity index (χ3n) is 4.99. The number of aryl methyl sites for hydroxylation is 1. The Morgan fingerprint density at radius 2 is 1.86 bits per heavy atom. The average molecular weight is 525 g/mol. The summed E-state index contributed by atoms with van der Waals surface area (Å²) in [6.07, 6.45) is 1.63. The number of thioether (sulfide) groups is 1.